The van der Waals surface area contributed by atoms with Crippen LogP contribution in [0, 0.1) is 5.92 Å². The van der Waals surface area contributed by atoms with Gasteiger partial charge in [0.25, 0.3) is 0 Å². The maximum atomic E-state index is 9.26. The summed E-state index contributed by atoms with van der Waals surface area (Å²) in [6.45, 7) is 1.29. The highest BCUT2D eigenvalue weighted by Crippen LogP contribution is 2.27. The van der Waals surface area contributed by atoms with Crippen LogP contribution in [0.2, 0.25) is 0 Å². The van der Waals surface area contributed by atoms with Crippen molar-refractivity contribution in [3.63, 3.8) is 0 Å². The first-order valence-electron chi connectivity index (χ1n) is 5.16. The number of aliphatic hydroxyl groups is 1. The smallest absolute Gasteiger partial charge is 0.0477 e. The van der Waals surface area contributed by atoms with Gasteiger partial charge < -0.3 is 10.4 Å². The van der Waals surface area contributed by atoms with Crippen LogP contribution in [0.3, 0.4) is 0 Å². The van der Waals surface area contributed by atoms with E-state index in [-0.39, 0.29) is 12.6 Å². The van der Waals surface area contributed by atoms with Crippen LogP contribution in [-0.4, -0.2) is 23.2 Å². The highest BCUT2D eigenvalue weighted by Gasteiger charge is 2.25. The van der Waals surface area contributed by atoms with Gasteiger partial charge in [-0.15, -0.1) is 0 Å². The topological polar surface area (TPSA) is 45.1 Å². The Morgan fingerprint density at radius 1 is 1.57 bits per heavy atom. The number of rotatable bonds is 2. The normalized spacial score (nSPS) is 27.5. The van der Waals surface area contributed by atoms with E-state index in [9.17, 15) is 5.11 Å². The molecule has 2 heterocycles. The molecule has 0 bridgehead atoms. The quantitative estimate of drug-likeness (QED) is 0.738. The van der Waals surface area contributed by atoms with Gasteiger partial charge in [0.1, 0.15) is 0 Å². The third-order valence-corrected chi connectivity index (χ3v) is 2.87. The number of nitrogens with zero attached hydrogens (tertiary/aromatic N) is 1. The van der Waals surface area contributed by atoms with E-state index in [2.05, 4.69) is 16.4 Å². The Kier molecular flexibility index (Phi) is 3.11. The molecule has 2 N–H and O–H groups in total. The molecule has 0 aromatic carbocycles. The molecule has 2 rings (SSSR count). The zero-order valence-electron chi connectivity index (χ0n) is 8.19. The molecule has 1 aliphatic rings. The van der Waals surface area contributed by atoms with E-state index in [0.717, 1.165) is 19.4 Å². The van der Waals surface area contributed by atoms with E-state index < -0.39 is 0 Å². The molecular formula is C11H16N2O. The molecule has 0 spiro atoms. The van der Waals surface area contributed by atoms with Crippen molar-refractivity contribution in [2.24, 2.45) is 5.92 Å². The fraction of sp³-hybridized carbons (Fsp3) is 0.545. The van der Waals surface area contributed by atoms with E-state index in [1.54, 1.807) is 6.20 Å². The van der Waals surface area contributed by atoms with Crippen LogP contribution in [0.1, 0.15) is 24.4 Å². The Morgan fingerprint density at radius 3 is 3.21 bits per heavy atom. The van der Waals surface area contributed by atoms with E-state index in [4.69, 9.17) is 0 Å². The zero-order chi connectivity index (χ0) is 9.80. The van der Waals surface area contributed by atoms with E-state index in [1.807, 2.05) is 12.3 Å². The lowest BCUT2D eigenvalue weighted by Gasteiger charge is -2.31. The summed E-state index contributed by atoms with van der Waals surface area (Å²) in [6, 6.07) is 4.29. The Morgan fingerprint density at radius 2 is 2.50 bits per heavy atom. The van der Waals surface area contributed by atoms with Crippen molar-refractivity contribution in [3.8, 4) is 0 Å². The molecule has 1 saturated heterocycles. The third kappa shape index (κ3) is 1.94. The summed E-state index contributed by atoms with van der Waals surface area (Å²) >= 11 is 0. The molecule has 0 aliphatic carbocycles. The molecule has 0 radical (unpaired) electrons. The van der Waals surface area contributed by atoms with Gasteiger partial charge >= 0.3 is 0 Å². The Labute approximate surface area is 84.2 Å². The molecule has 1 fully saturated rings. The minimum atomic E-state index is 0.257. The SMILES string of the molecule is OC[C@H]1CCCN[C@@H]1c1cccnc1. The van der Waals surface area contributed by atoms with E-state index in [0.29, 0.717) is 5.92 Å². The van der Waals surface area contributed by atoms with Crippen molar-refractivity contribution in [1.82, 2.24) is 10.3 Å². The summed E-state index contributed by atoms with van der Waals surface area (Å²) in [7, 11) is 0. The fourth-order valence-corrected chi connectivity index (χ4v) is 2.10. The second-order valence-corrected chi connectivity index (χ2v) is 3.80. The number of pyridine rings is 1. The lowest BCUT2D eigenvalue weighted by molar-refractivity contribution is 0.160. The van der Waals surface area contributed by atoms with Crippen LogP contribution < -0.4 is 5.32 Å². The molecule has 14 heavy (non-hydrogen) atoms. The summed E-state index contributed by atoms with van der Waals surface area (Å²) in [5.74, 6) is 0.341. The van der Waals surface area contributed by atoms with Gasteiger partial charge in [-0.2, -0.15) is 0 Å². The summed E-state index contributed by atoms with van der Waals surface area (Å²) in [4.78, 5) is 4.11. The van der Waals surface area contributed by atoms with Crippen LogP contribution in [0.25, 0.3) is 0 Å². The van der Waals surface area contributed by atoms with Crippen molar-refractivity contribution in [1.29, 1.82) is 0 Å². The predicted octanol–water partition coefficient (Wildman–Crippen LogP) is 1.11. The van der Waals surface area contributed by atoms with Gasteiger partial charge in [0, 0.05) is 31.0 Å². The molecule has 76 valence electrons. The summed E-state index contributed by atoms with van der Waals surface area (Å²) in [5, 5.41) is 12.7. The van der Waals surface area contributed by atoms with Crippen molar-refractivity contribution in [3.05, 3.63) is 30.1 Å². The molecular weight excluding hydrogens is 176 g/mol. The first-order chi connectivity index (χ1) is 6.92. The Balaban J connectivity index is 2.15. The molecule has 0 amide bonds. The number of piperidine rings is 1. The minimum Gasteiger partial charge on any atom is -0.396 e. The van der Waals surface area contributed by atoms with Crippen LogP contribution in [-0.2, 0) is 0 Å². The molecule has 1 aliphatic heterocycles. The standard InChI is InChI=1S/C11H16N2O/c14-8-10-4-2-6-13-11(10)9-3-1-5-12-7-9/h1,3,5,7,10-11,13-14H,2,4,6,8H2/t10-,11-/m1/s1. The molecule has 3 heteroatoms. The Bertz CT molecular complexity index is 276. The van der Waals surface area contributed by atoms with Gasteiger partial charge in [-0.3, -0.25) is 4.98 Å². The van der Waals surface area contributed by atoms with E-state index >= 15 is 0 Å². The molecule has 1 aromatic rings. The van der Waals surface area contributed by atoms with Gasteiger partial charge in [0.2, 0.25) is 0 Å². The second-order valence-electron chi connectivity index (χ2n) is 3.80. The van der Waals surface area contributed by atoms with Crippen molar-refractivity contribution in [2.45, 2.75) is 18.9 Å². The monoisotopic (exact) mass is 192 g/mol. The van der Waals surface area contributed by atoms with Gasteiger partial charge in [0.15, 0.2) is 0 Å². The maximum Gasteiger partial charge on any atom is 0.0477 e. The van der Waals surface area contributed by atoms with Gasteiger partial charge in [0.05, 0.1) is 0 Å². The van der Waals surface area contributed by atoms with Crippen molar-refractivity contribution in [2.75, 3.05) is 13.2 Å². The Hall–Kier alpha value is -0.930. The molecule has 0 saturated carbocycles. The highest BCUT2D eigenvalue weighted by atomic mass is 16.3. The molecule has 0 unspecified atom stereocenters. The van der Waals surface area contributed by atoms with Crippen LogP contribution in [0.4, 0.5) is 0 Å². The predicted molar refractivity (Wildman–Crippen MR) is 54.8 cm³/mol. The third-order valence-electron chi connectivity index (χ3n) is 2.87. The summed E-state index contributed by atoms with van der Waals surface area (Å²) < 4.78 is 0. The van der Waals surface area contributed by atoms with E-state index in [1.165, 1.54) is 5.56 Å². The number of nitrogens with one attached hydrogen (secondary N) is 1. The van der Waals surface area contributed by atoms with Crippen LogP contribution in [0.5, 0.6) is 0 Å². The largest absolute Gasteiger partial charge is 0.396 e. The lowest BCUT2D eigenvalue weighted by Crippen LogP contribution is -2.35. The minimum absolute atomic E-state index is 0.257. The van der Waals surface area contributed by atoms with Crippen LogP contribution >= 0.6 is 0 Å². The second kappa shape index (κ2) is 4.53. The average Bonchev–Trinajstić information content (AvgIpc) is 2.30. The average molecular weight is 192 g/mol. The number of hydrogen-bond acceptors (Lipinski definition) is 3. The highest BCUT2D eigenvalue weighted by molar-refractivity contribution is 5.15. The lowest BCUT2D eigenvalue weighted by atomic mass is 9.87. The van der Waals surface area contributed by atoms with Gasteiger partial charge in [-0.25, -0.2) is 0 Å². The number of hydrogen-bond donors (Lipinski definition) is 2. The maximum absolute atomic E-state index is 9.26. The van der Waals surface area contributed by atoms with Crippen molar-refractivity contribution >= 4 is 0 Å². The summed E-state index contributed by atoms with van der Waals surface area (Å²) in [6.07, 6.45) is 5.91. The molecule has 3 nitrogen and oxygen atoms in total. The van der Waals surface area contributed by atoms with Gasteiger partial charge in [-0.05, 0) is 31.0 Å². The summed E-state index contributed by atoms with van der Waals surface area (Å²) in [5.41, 5.74) is 1.19. The molecule has 2 atom stereocenters. The molecule has 1 aromatic heterocycles. The van der Waals surface area contributed by atoms with Crippen LogP contribution in [0.15, 0.2) is 24.5 Å². The first kappa shape index (κ1) is 9.62. The fourth-order valence-electron chi connectivity index (χ4n) is 2.10. The number of aliphatic hydroxyl groups excluding tert-OH is 1. The first-order valence-corrected chi connectivity index (χ1v) is 5.16. The van der Waals surface area contributed by atoms with Crippen molar-refractivity contribution < 1.29 is 5.11 Å². The van der Waals surface area contributed by atoms with Gasteiger partial charge in [-0.1, -0.05) is 6.07 Å². The zero-order valence-corrected chi connectivity index (χ0v) is 8.19. The number of aromatic nitrogens is 1.